The third-order valence-corrected chi connectivity index (χ3v) is 13.7. The van der Waals surface area contributed by atoms with Gasteiger partial charge in [-0.2, -0.15) is 0 Å². The SMILES string of the molecule is C[Si](C)(C)[CH-][As](c1ccccc1)c1ccccc1.[Li+]. The van der Waals surface area contributed by atoms with Gasteiger partial charge in [0.2, 0.25) is 0 Å². The molecule has 0 atom stereocenters. The first kappa shape index (κ1) is 16.9. The van der Waals surface area contributed by atoms with Gasteiger partial charge < -0.3 is 0 Å². The predicted octanol–water partition coefficient (Wildman–Crippen LogP) is -0.0795. The molecule has 0 bridgehead atoms. The first-order valence-corrected chi connectivity index (χ1v) is 12.9. The topological polar surface area (TPSA) is 0 Å². The normalized spacial score (nSPS) is 11.2. The molecule has 2 aromatic carbocycles. The Balaban J connectivity index is 0.00000180. The molecule has 0 nitrogen and oxygen atoms in total. The largest absolute Gasteiger partial charge is 1.00 e. The van der Waals surface area contributed by atoms with Crippen molar-refractivity contribution in [3.05, 3.63) is 65.5 Å². The molecule has 0 unspecified atom stereocenters. The summed E-state index contributed by atoms with van der Waals surface area (Å²) in [4.78, 5) is 2.71. The second kappa shape index (κ2) is 7.56. The summed E-state index contributed by atoms with van der Waals surface area (Å²) in [6.07, 6.45) is 0. The van der Waals surface area contributed by atoms with Crippen molar-refractivity contribution < 1.29 is 18.9 Å². The Bertz CT molecular complexity index is 440. The van der Waals surface area contributed by atoms with Crippen LogP contribution in [0.15, 0.2) is 60.7 Å². The molecule has 0 aliphatic heterocycles. The van der Waals surface area contributed by atoms with Gasteiger partial charge in [0.1, 0.15) is 0 Å². The van der Waals surface area contributed by atoms with Gasteiger partial charge in [-0.3, -0.25) is 0 Å². The van der Waals surface area contributed by atoms with Crippen LogP contribution < -0.4 is 27.6 Å². The number of hydrogen-bond donors (Lipinski definition) is 0. The minimum absolute atomic E-state index is 0. The maximum atomic E-state index is 2.71. The van der Waals surface area contributed by atoms with Crippen molar-refractivity contribution in [1.29, 1.82) is 0 Å². The van der Waals surface area contributed by atoms with Crippen molar-refractivity contribution in [2.45, 2.75) is 19.6 Å². The van der Waals surface area contributed by atoms with Gasteiger partial charge >= 0.3 is 135 Å². The molecule has 0 aliphatic rings. The third kappa shape index (κ3) is 5.37. The predicted molar refractivity (Wildman–Crippen MR) is 85.6 cm³/mol. The van der Waals surface area contributed by atoms with Gasteiger partial charge in [-0.1, -0.05) is 0 Å². The van der Waals surface area contributed by atoms with E-state index in [9.17, 15) is 0 Å². The molecule has 19 heavy (non-hydrogen) atoms. The van der Waals surface area contributed by atoms with Crippen LogP contribution in [-0.2, 0) is 0 Å². The Morgan fingerprint density at radius 2 is 1.11 bits per heavy atom. The fourth-order valence-electron chi connectivity index (χ4n) is 1.86. The number of hydrogen-bond acceptors (Lipinski definition) is 0. The molecular formula is C16H20AsLiSi. The van der Waals surface area contributed by atoms with E-state index < -0.39 is 22.7 Å². The van der Waals surface area contributed by atoms with Crippen LogP contribution in [0.4, 0.5) is 0 Å². The van der Waals surface area contributed by atoms with E-state index in [0.717, 1.165) is 0 Å². The average Bonchev–Trinajstić information content (AvgIpc) is 2.37. The molecule has 0 fully saturated rings. The molecule has 3 heteroatoms. The summed E-state index contributed by atoms with van der Waals surface area (Å²) in [6, 6.07) is 22.1. The van der Waals surface area contributed by atoms with Gasteiger partial charge in [0.25, 0.3) is 0 Å². The van der Waals surface area contributed by atoms with E-state index in [0.29, 0.717) is 0 Å². The Morgan fingerprint density at radius 1 is 0.737 bits per heavy atom. The van der Waals surface area contributed by atoms with Crippen LogP contribution in [0.25, 0.3) is 0 Å². The van der Waals surface area contributed by atoms with Gasteiger partial charge in [0, 0.05) is 0 Å². The molecule has 0 amide bonds. The Morgan fingerprint density at radius 3 is 1.42 bits per heavy atom. The summed E-state index contributed by atoms with van der Waals surface area (Å²) < 4.78 is 3.08. The first-order valence-electron chi connectivity index (χ1n) is 6.32. The molecule has 94 valence electrons. The molecule has 0 N–H and O–H groups in total. The quantitative estimate of drug-likeness (QED) is 0.546. The molecule has 0 radical (unpaired) electrons. The monoisotopic (exact) mass is 322 g/mol. The van der Waals surface area contributed by atoms with Crippen molar-refractivity contribution in [2.75, 3.05) is 0 Å². The molecule has 0 spiro atoms. The van der Waals surface area contributed by atoms with E-state index in [2.05, 4.69) is 85.1 Å². The van der Waals surface area contributed by atoms with E-state index >= 15 is 0 Å². The van der Waals surface area contributed by atoms with Crippen molar-refractivity contribution in [3.8, 4) is 0 Å². The van der Waals surface area contributed by atoms with Crippen molar-refractivity contribution in [3.63, 3.8) is 0 Å². The van der Waals surface area contributed by atoms with Crippen LogP contribution in [0.3, 0.4) is 0 Å². The molecule has 0 saturated carbocycles. The zero-order valence-corrected chi connectivity index (χ0v) is 15.2. The summed E-state index contributed by atoms with van der Waals surface area (Å²) in [5.41, 5.74) is 0. The van der Waals surface area contributed by atoms with Crippen molar-refractivity contribution in [1.82, 2.24) is 0 Å². The average molecular weight is 322 g/mol. The maximum Gasteiger partial charge on any atom is 1.00 e. The molecular weight excluding hydrogens is 302 g/mol. The summed E-state index contributed by atoms with van der Waals surface area (Å²) in [7, 11) is -1.15. The Kier molecular flexibility index (Phi) is 6.71. The Hall–Kier alpha value is -0.187. The molecule has 2 aromatic rings. The summed E-state index contributed by atoms with van der Waals surface area (Å²) in [6.45, 7) is 7.29. The first-order chi connectivity index (χ1) is 8.56. The van der Waals surface area contributed by atoms with Crippen LogP contribution in [-0.4, -0.2) is 22.7 Å². The Labute approximate surface area is 135 Å². The second-order valence-electron chi connectivity index (χ2n) is 5.54. The maximum absolute atomic E-state index is 2.71. The third-order valence-electron chi connectivity index (χ3n) is 2.59. The zero-order chi connectivity index (χ0) is 13.0. The van der Waals surface area contributed by atoms with E-state index in [1.807, 2.05) is 0 Å². The molecule has 2 rings (SSSR count). The molecule has 0 saturated heterocycles. The fourth-order valence-corrected chi connectivity index (χ4v) is 12.4. The van der Waals surface area contributed by atoms with Crippen LogP contribution in [0, 0.1) is 4.83 Å². The van der Waals surface area contributed by atoms with E-state index in [1.54, 1.807) is 8.70 Å². The summed E-state index contributed by atoms with van der Waals surface area (Å²) in [5, 5.41) is 0. The summed E-state index contributed by atoms with van der Waals surface area (Å²) >= 11 is -1.22. The van der Waals surface area contributed by atoms with Gasteiger partial charge in [0.05, 0.1) is 0 Å². The van der Waals surface area contributed by atoms with Crippen LogP contribution >= 0.6 is 0 Å². The van der Waals surface area contributed by atoms with Crippen LogP contribution in [0.1, 0.15) is 0 Å². The molecule has 0 heterocycles. The van der Waals surface area contributed by atoms with Gasteiger partial charge in [-0.05, 0) is 0 Å². The van der Waals surface area contributed by atoms with Crippen LogP contribution in [0.5, 0.6) is 0 Å². The van der Waals surface area contributed by atoms with E-state index in [-0.39, 0.29) is 18.9 Å². The smallest absolute Gasteiger partial charge is 1.00 e. The fraction of sp³-hybridized carbons (Fsp3) is 0.188. The van der Waals surface area contributed by atoms with Crippen LogP contribution in [0.2, 0.25) is 19.6 Å². The molecule has 0 aromatic heterocycles. The zero-order valence-electron chi connectivity index (χ0n) is 12.3. The minimum atomic E-state index is -1.22. The summed E-state index contributed by atoms with van der Waals surface area (Å²) in [5.74, 6) is 0. The minimum Gasteiger partial charge on any atom is 1.00 e. The van der Waals surface area contributed by atoms with Gasteiger partial charge in [-0.25, -0.2) is 0 Å². The molecule has 0 aliphatic carbocycles. The van der Waals surface area contributed by atoms with Gasteiger partial charge in [0.15, 0.2) is 0 Å². The number of rotatable bonds is 4. The second-order valence-corrected chi connectivity index (χ2v) is 15.9. The van der Waals surface area contributed by atoms with Crippen molar-refractivity contribution in [2.24, 2.45) is 0 Å². The van der Waals surface area contributed by atoms with Crippen molar-refractivity contribution >= 4 is 31.4 Å². The number of benzene rings is 2. The van der Waals surface area contributed by atoms with Gasteiger partial charge in [-0.15, -0.1) is 0 Å². The van der Waals surface area contributed by atoms with E-state index in [4.69, 9.17) is 0 Å². The van der Waals surface area contributed by atoms with E-state index in [1.165, 1.54) is 0 Å². The standard InChI is InChI=1S/C16H20AsSi.Li/c1-18(2,3)14-17(15-10-6-4-7-11-15)16-12-8-5-9-13-16;/h4-14H,1-3H3;/q-1;+1.